The smallest absolute Gasteiger partial charge is 0.113 e. The van der Waals surface area contributed by atoms with Crippen LogP contribution < -0.4 is 5.46 Å². The van der Waals surface area contributed by atoms with Crippen molar-refractivity contribution < 1.29 is 0 Å². The summed E-state index contributed by atoms with van der Waals surface area (Å²) in [5.41, 5.74) is 6.74. The second-order valence-electron chi connectivity index (χ2n) is 10.2. The molecule has 0 N–H and O–H groups in total. The first-order valence-corrected chi connectivity index (χ1v) is 15.1. The van der Waals surface area contributed by atoms with E-state index in [1.807, 2.05) is 0 Å². The lowest BCUT2D eigenvalue weighted by molar-refractivity contribution is 0.400. The van der Waals surface area contributed by atoms with Crippen LogP contribution in [-0.4, -0.2) is 7.85 Å². The molecule has 0 bridgehead atoms. The van der Waals surface area contributed by atoms with Gasteiger partial charge in [0, 0.05) is 10.3 Å². The van der Waals surface area contributed by atoms with Crippen LogP contribution in [0.15, 0.2) is 41.3 Å². The van der Waals surface area contributed by atoms with Crippen molar-refractivity contribution in [3.8, 4) is 11.1 Å². The molecule has 2 radical (unpaired) electrons. The second-order valence-corrected chi connectivity index (χ2v) is 10.8. The fourth-order valence-electron chi connectivity index (χ4n) is 4.87. The van der Waals surface area contributed by atoms with E-state index in [4.69, 9.17) is 7.85 Å². The van der Waals surface area contributed by atoms with Crippen molar-refractivity contribution in [1.29, 1.82) is 0 Å². The van der Waals surface area contributed by atoms with Crippen LogP contribution in [0.5, 0.6) is 0 Å². The third-order valence-corrected chi connectivity index (χ3v) is 7.56. The standard InChI is InChI=1S/C25H33BS.2C4H10/c1-3-5-7-9-15-25(16-10-8-6-4-2)23-17-19(26)11-13-21(23)22-14-12-20(27)18-24(22)25;2*1-3-4-2/h11-14,17-18,27H,3-10,15-16H2,1-2H3;2*3-4H2,1-2H3. The summed E-state index contributed by atoms with van der Waals surface area (Å²) in [6.07, 6.45) is 18.2. The second kappa shape index (κ2) is 18.2. The Kier molecular flexibility index (Phi) is 16.5. The molecule has 2 aromatic carbocycles. The summed E-state index contributed by atoms with van der Waals surface area (Å²) in [6, 6.07) is 13.3. The molecule has 0 saturated heterocycles. The number of rotatable bonds is 12. The van der Waals surface area contributed by atoms with Gasteiger partial charge < -0.3 is 0 Å². The first-order chi connectivity index (χ1) is 16.9. The van der Waals surface area contributed by atoms with Gasteiger partial charge in [0.05, 0.1) is 0 Å². The molecule has 0 atom stereocenters. The highest BCUT2D eigenvalue weighted by Gasteiger charge is 2.42. The molecular formula is C33H53BS. The third-order valence-electron chi connectivity index (χ3n) is 7.28. The predicted molar refractivity (Wildman–Crippen MR) is 164 cm³/mol. The average molecular weight is 493 g/mol. The zero-order valence-electron chi connectivity index (χ0n) is 23.9. The Bertz CT molecular complexity index is 752. The predicted octanol–water partition coefficient (Wildman–Crippen LogP) is 10.6. The van der Waals surface area contributed by atoms with E-state index in [-0.39, 0.29) is 5.41 Å². The summed E-state index contributed by atoms with van der Waals surface area (Å²) in [7, 11) is 6.25. The summed E-state index contributed by atoms with van der Waals surface area (Å²) in [4.78, 5) is 1.07. The van der Waals surface area contributed by atoms with Crippen LogP contribution in [-0.2, 0) is 5.41 Å². The van der Waals surface area contributed by atoms with Gasteiger partial charge in [-0.2, -0.15) is 0 Å². The molecule has 0 heterocycles. The van der Waals surface area contributed by atoms with Gasteiger partial charge in [-0.3, -0.25) is 0 Å². The highest BCUT2D eigenvalue weighted by Crippen LogP contribution is 2.54. The van der Waals surface area contributed by atoms with Crippen molar-refractivity contribution in [3.63, 3.8) is 0 Å². The highest BCUT2D eigenvalue weighted by atomic mass is 32.1. The number of hydrogen-bond acceptors (Lipinski definition) is 1. The van der Waals surface area contributed by atoms with Crippen LogP contribution >= 0.6 is 12.6 Å². The lowest BCUT2D eigenvalue weighted by Crippen LogP contribution is -2.26. The van der Waals surface area contributed by atoms with E-state index in [9.17, 15) is 0 Å². The first-order valence-electron chi connectivity index (χ1n) is 14.7. The number of benzene rings is 2. The van der Waals surface area contributed by atoms with E-state index in [2.05, 4.69) is 90.6 Å². The van der Waals surface area contributed by atoms with Crippen LogP contribution in [0.25, 0.3) is 11.1 Å². The van der Waals surface area contributed by atoms with Crippen LogP contribution in [0.2, 0.25) is 0 Å². The Balaban J connectivity index is 0.000000668. The molecule has 194 valence electrons. The Morgan fingerprint density at radius 2 is 1.03 bits per heavy atom. The van der Waals surface area contributed by atoms with E-state index in [1.54, 1.807) is 0 Å². The van der Waals surface area contributed by atoms with Gasteiger partial charge >= 0.3 is 0 Å². The molecule has 0 aliphatic heterocycles. The molecule has 0 spiro atoms. The van der Waals surface area contributed by atoms with Crippen LogP contribution in [0.3, 0.4) is 0 Å². The molecule has 35 heavy (non-hydrogen) atoms. The van der Waals surface area contributed by atoms with Gasteiger partial charge in [-0.15, -0.1) is 12.6 Å². The summed E-state index contributed by atoms with van der Waals surface area (Å²) >= 11 is 4.68. The quantitative estimate of drug-likeness (QED) is 0.170. The van der Waals surface area contributed by atoms with E-state index >= 15 is 0 Å². The number of fused-ring (bicyclic) bond motifs is 3. The minimum atomic E-state index is 0.111. The van der Waals surface area contributed by atoms with Gasteiger partial charge in [-0.05, 0) is 47.2 Å². The van der Waals surface area contributed by atoms with Crippen molar-refractivity contribution in [2.75, 3.05) is 0 Å². The van der Waals surface area contributed by atoms with E-state index in [0.29, 0.717) is 0 Å². The van der Waals surface area contributed by atoms with Crippen LogP contribution in [0, 0.1) is 0 Å². The molecule has 1 aliphatic carbocycles. The molecule has 0 aromatic heterocycles. The molecule has 2 heteroatoms. The highest BCUT2D eigenvalue weighted by molar-refractivity contribution is 7.80. The number of unbranched alkanes of at least 4 members (excludes halogenated alkanes) is 8. The summed E-state index contributed by atoms with van der Waals surface area (Å²) < 4.78 is 0. The lowest BCUT2D eigenvalue weighted by atomic mass is 9.70. The summed E-state index contributed by atoms with van der Waals surface area (Å²) in [5, 5.41) is 0. The molecule has 0 amide bonds. The first kappa shape index (κ1) is 31.9. The maximum atomic E-state index is 6.25. The maximum absolute atomic E-state index is 6.25. The number of hydrogen-bond donors (Lipinski definition) is 1. The lowest BCUT2D eigenvalue weighted by Gasteiger charge is -2.33. The van der Waals surface area contributed by atoms with Crippen molar-refractivity contribution in [2.45, 2.75) is 142 Å². The molecule has 0 nitrogen and oxygen atoms in total. The largest absolute Gasteiger partial charge is 0.143 e. The Morgan fingerprint density at radius 3 is 1.49 bits per heavy atom. The van der Waals surface area contributed by atoms with Gasteiger partial charge in [0.2, 0.25) is 0 Å². The van der Waals surface area contributed by atoms with Gasteiger partial charge in [-0.25, -0.2) is 0 Å². The van der Waals surface area contributed by atoms with Gasteiger partial charge in [0.15, 0.2) is 0 Å². The minimum absolute atomic E-state index is 0.111. The molecule has 0 fully saturated rings. The summed E-state index contributed by atoms with van der Waals surface area (Å²) in [6.45, 7) is 13.3. The molecular weight excluding hydrogens is 439 g/mol. The van der Waals surface area contributed by atoms with Crippen molar-refractivity contribution in [2.24, 2.45) is 0 Å². The third kappa shape index (κ3) is 9.68. The van der Waals surface area contributed by atoms with Crippen molar-refractivity contribution >= 4 is 25.9 Å². The molecule has 0 unspecified atom stereocenters. The van der Waals surface area contributed by atoms with Crippen LogP contribution in [0.1, 0.15) is 143 Å². The van der Waals surface area contributed by atoms with Gasteiger partial charge in [-0.1, -0.05) is 148 Å². The Morgan fingerprint density at radius 1 is 0.571 bits per heavy atom. The summed E-state index contributed by atoms with van der Waals surface area (Å²) in [5.74, 6) is 0. The van der Waals surface area contributed by atoms with Gasteiger partial charge in [0.1, 0.15) is 7.85 Å². The maximum Gasteiger partial charge on any atom is 0.113 e. The van der Waals surface area contributed by atoms with E-state index in [0.717, 1.165) is 10.4 Å². The van der Waals surface area contributed by atoms with Crippen molar-refractivity contribution in [1.82, 2.24) is 0 Å². The zero-order valence-corrected chi connectivity index (χ0v) is 24.8. The van der Waals surface area contributed by atoms with Crippen molar-refractivity contribution in [3.05, 3.63) is 47.5 Å². The molecule has 0 saturated carbocycles. The molecule has 3 rings (SSSR count). The SMILES string of the molecule is CCCC.CCCC.[B]c1ccc2c(c1)C(CCCCCC)(CCCCCC)c1cc(S)ccc1-2. The molecule has 1 aliphatic rings. The molecule has 2 aromatic rings. The van der Waals surface area contributed by atoms with Crippen LogP contribution in [0.4, 0.5) is 0 Å². The normalized spacial score (nSPS) is 12.7. The Labute approximate surface area is 225 Å². The van der Waals surface area contributed by atoms with E-state index in [1.165, 1.54) is 112 Å². The number of thiol groups is 1. The van der Waals surface area contributed by atoms with E-state index < -0.39 is 0 Å². The Hall–Kier alpha value is -1.15. The zero-order chi connectivity index (χ0) is 26.1. The minimum Gasteiger partial charge on any atom is -0.143 e. The monoisotopic (exact) mass is 492 g/mol. The average Bonchev–Trinajstić information content (AvgIpc) is 3.13. The topological polar surface area (TPSA) is 0 Å². The fourth-order valence-corrected chi connectivity index (χ4v) is 5.08. The van der Waals surface area contributed by atoms with Gasteiger partial charge in [0.25, 0.3) is 0 Å². The fraction of sp³-hybridized carbons (Fsp3) is 0.636.